The fourth-order valence-corrected chi connectivity index (χ4v) is 1.43. The molecule has 0 radical (unpaired) electrons. The number of halogens is 2. The van der Waals surface area contributed by atoms with Crippen molar-refractivity contribution in [1.82, 2.24) is 4.98 Å². The fourth-order valence-electron chi connectivity index (χ4n) is 1.32. The summed E-state index contributed by atoms with van der Waals surface area (Å²) in [6, 6.07) is 7.22. The molecule has 1 aromatic heterocycles. The van der Waals surface area contributed by atoms with Crippen LogP contribution in [0.1, 0.15) is 0 Å². The number of anilines is 3. The number of aromatic nitrogens is 1. The lowest BCUT2D eigenvalue weighted by molar-refractivity contribution is 0.389. The minimum Gasteiger partial charge on any atom is -0.352 e. The van der Waals surface area contributed by atoms with Gasteiger partial charge in [-0.25, -0.2) is 9.37 Å². The van der Waals surface area contributed by atoms with E-state index in [2.05, 4.69) is 10.3 Å². The Morgan fingerprint density at radius 1 is 1.18 bits per heavy atom. The Balaban J connectivity index is 2.28. The third kappa shape index (κ3) is 2.83. The number of nitrogens with zero attached hydrogens (tertiary/aromatic N) is 1. The van der Waals surface area contributed by atoms with Gasteiger partial charge in [0.15, 0.2) is 0 Å². The molecule has 0 atom stereocenters. The summed E-state index contributed by atoms with van der Waals surface area (Å²) in [4.78, 5) is 3.88. The standard InChI is InChI=1S/C11H9ClFN3O/c12-11-4-2-8(6-14-11)15-10-5-7(13)1-3-9(10)16-17/h1-6,15-17H. The molecule has 0 bridgehead atoms. The van der Waals surface area contributed by atoms with Crippen LogP contribution in [-0.4, -0.2) is 10.2 Å². The molecule has 17 heavy (non-hydrogen) atoms. The Labute approximate surface area is 102 Å². The van der Waals surface area contributed by atoms with Gasteiger partial charge in [0, 0.05) is 0 Å². The summed E-state index contributed by atoms with van der Waals surface area (Å²) in [5.74, 6) is -0.409. The molecule has 1 aromatic carbocycles. The highest BCUT2D eigenvalue weighted by molar-refractivity contribution is 6.29. The van der Waals surface area contributed by atoms with Gasteiger partial charge in [0.2, 0.25) is 0 Å². The van der Waals surface area contributed by atoms with Gasteiger partial charge in [-0.3, -0.25) is 10.7 Å². The van der Waals surface area contributed by atoms with Gasteiger partial charge in [-0.2, -0.15) is 0 Å². The molecule has 0 amide bonds. The van der Waals surface area contributed by atoms with E-state index in [1.165, 1.54) is 24.4 Å². The summed E-state index contributed by atoms with van der Waals surface area (Å²) in [6.45, 7) is 0. The van der Waals surface area contributed by atoms with E-state index >= 15 is 0 Å². The van der Waals surface area contributed by atoms with Gasteiger partial charge < -0.3 is 5.32 Å². The van der Waals surface area contributed by atoms with Crippen LogP contribution in [-0.2, 0) is 0 Å². The number of nitrogens with one attached hydrogen (secondary N) is 2. The molecule has 0 spiro atoms. The largest absolute Gasteiger partial charge is 0.352 e. The number of rotatable bonds is 3. The molecule has 2 aromatic rings. The van der Waals surface area contributed by atoms with Crippen molar-refractivity contribution in [2.75, 3.05) is 10.8 Å². The van der Waals surface area contributed by atoms with Gasteiger partial charge in [-0.05, 0) is 30.3 Å². The van der Waals surface area contributed by atoms with Crippen LogP contribution in [0.5, 0.6) is 0 Å². The second-order valence-corrected chi connectivity index (χ2v) is 3.68. The van der Waals surface area contributed by atoms with E-state index in [0.29, 0.717) is 22.2 Å². The van der Waals surface area contributed by atoms with Crippen LogP contribution < -0.4 is 10.8 Å². The van der Waals surface area contributed by atoms with Crippen molar-refractivity contribution in [1.29, 1.82) is 0 Å². The quantitative estimate of drug-likeness (QED) is 0.579. The van der Waals surface area contributed by atoms with Gasteiger partial charge in [-0.15, -0.1) is 0 Å². The molecule has 1 heterocycles. The Hall–Kier alpha value is -1.85. The molecule has 3 N–H and O–H groups in total. The van der Waals surface area contributed by atoms with Gasteiger partial charge in [0.05, 0.1) is 23.3 Å². The maximum atomic E-state index is 13.1. The van der Waals surface area contributed by atoms with Gasteiger partial charge in [0.1, 0.15) is 11.0 Å². The molecule has 0 aliphatic heterocycles. The first-order chi connectivity index (χ1) is 8.19. The smallest absolute Gasteiger partial charge is 0.129 e. The number of benzene rings is 1. The van der Waals surface area contributed by atoms with Crippen molar-refractivity contribution in [3.05, 3.63) is 47.5 Å². The molecule has 2 rings (SSSR count). The van der Waals surface area contributed by atoms with E-state index in [4.69, 9.17) is 16.8 Å². The van der Waals surface area contributed by atoms with Crippen LogP contribution in [0.2, 0.25) is 5.15 Å². The highest BCUT2D eigenvalue weighted by atomic mass is 35.5. The molecule has 0 unspecified atom stereocenters. The first kappa shape index (κ1) is 11.6. The van der Waals surface area contributed by atoms with Crippen LogP contribution >= 0.6 is 11.6 Å². The maximum absolute atomic E-state index is 13.1. The average Bonchev–Trinajstić information content (AvgIpc) is 2.32. The fraction of sp³-hybridized carbons (Fsp3) is 0. The van der Waals surface area contributed by atoms with E-state index in [1.54, 1.807) is 12.1 Å². The molecular weight excluding hydrogens is 245 g/mol. The Morgan fingerprint density at radius 3 is 2.65 bits per heavy atom. The van der Waals surface area contributed by atoms with Crippen LogP contribution in [0.15, 0.2) is 36.5 Å². The minimum absolute atomic E-state index is 0.362. The molecule has 0 aliphatic rings. The van der Waals surface area contributed by atoms with Crippen LogP contribution in [0, 0.1) is 5.82 Å². The SMILES string of the molecule is ONc1ccc(F)cc1Nc1ccc(Cl)nc1. The lowest BCUT2D eigenvalue weighted by Crippen LogP contribution is -1.98. The van der Waals surface area contributed by atoms with Crippen molar-refractivity contribution >= 4 is 28.7 Å². The molecule has 88 valence electrons. The first-order valence-electron chi connectivity index (χ1n) is 4.77. The van der Waals surface area contributed by atoms with E-state index in [1.807, 2.05) is 5.48 Å². The topological polar surface area (TPSA) is 57.2 Å². The molecule has 0 saturated heterocycles. The third-order valence-electron chi connectivity index (χ3n) is 2.11. The summed E-state index contributed by atoms with van der Waals surface area (Å²) in [6.07, 6.45) is 1.51. The summed E-state index contributed by atoms with van der Waals surface area (Å²) in [5.41, 5.74) is 3.38. The zero-order valence-electron chi connectivity index (χ0n) is 8.61. The minimum atomic E-state index is -0.409. The van der Waals surface area contributed by atoms with Crippen molar-refractivity contribution in [3.63, 3.8) is 0 Å². The zero-order valence-corrected chi connectivity index (χ0v) is 9.37. The van der Waals surface area contributed by atoms with E-state index < -0.39 is 5.82 Å². The molecule has 0 saturated carbocycles. The zero-order chi connectivity index (χ0) is 12.3. The number of pyridine rings is 1. The summed E-state index contributed by atoms with van der Waals surface area (Å²) in [7, 11) is 0. The lowest BCUT2D eigenvalue weighted by Gasteiger charge is -2.10. The summed E-state index contributed by atoms with van der Waals surface area (Å²) in [5, 5.41) is 12.2. The molecule has 6 heteroatoms. The highest BCUT2D eigenvalue weighted by Crippen LogP contribution is 2.26. The predicted molar refractivity (Wildman–Crippen MR) is 64.3 cm³/mol. The molecular formula is C11H9ClFN3O. The van der Waals surface area contributed by atoms with Crippen molar-refractivity contribution in [3.8, 4) is 0 Å². The normalized spacial score (nSPS) is 10.1. The van der Waals surface area contributed by atoms with Gasteiger partial charge in [0.25, 0.3) is 0 Å². The summed E-state index contributed by atoms with van der Waals surface area (Å²) >= 11 is 5.65. The van der Waals surface area contributed by atoms with E-state index in [0.717, 1.165) is 0 Å². The Kier molecular flexibility index (Phi) is 3.41. The molecule has 0 fully saturated rings. The van der Waals surface area contributed by atoms with Crippen LogP contribution in [0.25, 0.3) is 0 Å². The number of hydrogen-bond donors (Lipinski definition) is 3. The van der Waals surface area contributed by atoms with Crippen LogP contribution in [0.3, 0.4) is 0 Å². The first-order valence-corrected chi connectivity index (χ1v) is 5.15. The predicted octanol–water partition coefficient (Wildman–Crippen LogP) is 3.42. The Bertz CT molecular complexity index is 519. The lowest BCUT2D eigenvalue weighted by atomic mass is 10.2. The van der Waals surface area contributed by atoms with Gasteiger partial charge in [-0.1, -0.05) is 11.6 Å². The van der Waals surface area contributed by atoms with Crippen molar-refractivity contribution < 1.29 is 9.60 Å². The highest BCUT2D eigenvalue weighted by Gasteiger charge is 2.04. The van der Waals surface area contributed by atoms with E-state index in [9.17, 15) is 4.39 Å². The molecule has 4 nitrogen and oxygen atoms in total. The van der Waals surface area contributed by atoms with Crippen molar-refractivity contribution in [2.45, 2.75) is 0 Å². The van der Waals surface area contributed by atoms with E-state index in [-0.39, 0.29) is 0 Å². The molecule has 0 aliphatic carbocycles. The second-order valence-electron chi connectivity index (χ2n) is 3.30. The maximum Gasteiger partial charge on any atom is 0.129 e. The second kappa shape index (κ2) is 4.99. The van der Waals surface area contributed by atoms with Crippen molar-refractivity contribution in [2.24, 2.45) is 0 Å². The Morgan fingerprint density at radius 2 is 2.00 bits per heavy atom. The summed E-state index contributed by atoms with van der Waals surface area (Å²) < 4.78 is 13.1. The number of hydrogen-bond acceptors (Lipinski definition) is 4. The third-order valence-corrected chi connectivity index (χ3v) is 2.33. The average molecular weight is 254 g/mol. The monoisotopic (exact) mass is 253 g/mol. The van der Waals surface area contributed by atoms with Gasteiger partial charge >= 0.3 is 0 Å². The van der Waals surface area contributed by atoms with Crippen LogP contribution in [0.4, 0.5) is 21.5 Å².